The average molecular weight is 1030 g/mol. The van der Waals surface area contributed by atoms with Gasteiger partial charge in [0.2, 0.25) is 0 Å². The van der Waals surface area contributed by atoms with Gasteiger partial charge in [-0.3, -0.25) is 14.4 Å². The minimum absolute atomic E-state index is 0.0807. The molecule has 0 saturated heterocycles. The van der Waals surface area contributed by atoms with E-state index in [1.807, 2.05) is 0 Å². The molecular weight excluding hydrogens is 913 g/mol. The molecule has 6 nitrogen and oxygen atoms in total. The van der Waals surface area contributed by atoms with Crippen molar-refractivity contribution < 1.29 is 28.6 Å². The van der Waals surface area contributed by atoms with Crippen LogP contribution in [0.1, 0.15) is 297 Å². The van der Waals surface area contributed by atoms with Gasteiger partial charge in [-0.05, 0) is 96.3 Å². The number of rotatable bonds is 56. The SMILES string of the molecule is CC/C=C\C/C=C\C/C=C\C/C=C\CCCCCCCCCCCCCCCCC(=O)OCC(COC(=O)CCCCCCCCCCCC)OC(=O)CCCCCCCC/C=C\C/C=C\C/C=C\C/C=C\CC. The van der Waals surface area contributed by atoms with Gasteiger partial charge in [0.1, 0.15) is 13.2 Å². The van der Waals surface area contributed by atoms with Gasteiger partial charge in [-0.2, -0.15) is 0 Å². The Bertz CT molecular complexity index is 1460. The van der Waals surface area contributed by atoms with Crippen molar-refractivity contribution in [3.63, 3.8) is 0 Å². The zero-order valence-electron chi connectivity index (χ0n) is 48.6. The van der Waals surface area contributed by atoms with E-state index < -0.39 is 6.10 Å². The highest BCUT2D eigenvalue weighted by molar-refractivity contribution is 5.71. The lowest BCUT2D eigenvalue weighted by atomic mass is 10.0. The highest BCUT2D eigenvalue weighted by Gasteiger charge is 2.19. The topological polar surface area (TPSA) is 78.9 Å². The van der Waals surface area contributed by atoms with E-state index in [-0.39, 0.29) is 31.1 Å². The molecule has 0 aromatic heterocycles. The Morgan fingerprint density at radius 3 is 0.824 bits per heavy atom. The monoisotopic (exact) mass is 1030 g/mol. The third kappa shape index (κ3) is 59.2. The average Bonchev–Trinajstić information content (AvgIpc) is 3.40. The van der Waals surface area contributed by atoms with Gasteiger partial charge in [-0.15, -0.1) is 0 Å². The largest absolute Gasteiger partial charge is 0.462 e. The van der Waals surface area contributed by atoms with Gasteiger partial charge < -0.3 is 14.2 Å². The van der Waals surface area contributed by atoms with Crippen LogP contribution in [0.15, 0.2) is 97.2 Å². The molecule has 0 aromatic rings. The normalized spacial score (nSPS) is 12.7. The van der Waals surface area contributed by atoms with E-state index in [0.717, 1.165) is 122 Å². The molecule has 0 aliphatic rings. The van der Waals surface area contributed by atoms with Gasteiger partial charge in [0, 0.05) is 19.3 Å². The second-order valence-corrected chi connectivity index (χ2v) is 20.6. The van der Waals surface area contributed by atoms with Crippen LogP contribution < -0.4 is 0 Å². The Labute approximate surface area is 457 Å². The third-order valence-electron chi connectivity index (χ3n) is 13.3. The number of esters is 3. The Kier molecular flexibility index (Phi) is 58.8. The van der Waals surface area contributed by atoms with Crippen molar-refractivity contribution >= 4 is 17.9 Å². The molecule has 0 saturated carbocycles. The lowest BCUT2D eigenvalue weighted by Crippen LogP contribution is -2.30. The Hall–Kier alpha value is -3.67. The molecule has 0 spiro atoms. The molecule has 0 bridgehead atoms. The summed E-state index contributed by atoms with van der Waals surface area (Å²) in [5.74, 6) is -0.888. The smallest absolute Gasteiger partial charge is 0.306 e. The van der Waals surface area contributed by atoms with E-state index in [0.29, 0.717) is 19.3 Å². The fourth-order valence-corrected chi connectivity index (χ4v) is 8.72. The number of unbranched alkanes of at least 4 members (excludes halogenated alkanes) is 29. The van der Waals surface area contributed by atoms with Crippen molar-refractivity contribution in [3.8, 4) is 0 Å². The lowest BCUT2D eigenvalue weighted by Gasteiger charge is -2.18. The van der Waals surface area contributed by atoms with Gasteiger partial charge >= 0.3 is 17.9 Å². The number of ether oxygens (including phenoxy) is 3. The fraction of sp³-hybridized carbons (Fsp3) is 0.721. The predicted molar refractivity (Wildman–Crippen MR) is 320 cm³/mol. The van der Waals surface area contributed by atoms with Crippen LogP contribution >= 0.6 is 0 Å². The summed E-state index contributed by atoms with van der Waals surface area (Å²) in [7, 11) is 0. The second kappa shape index (κ2) is 61.9. The minimum atomic E-state index is -0.784. The van der Waals surface area contributed by atoms with Crippen molar-refractivity contribution in [1.29, 1.82) is 0 Å². The van der Waals surface area contributed by atoms with E-state index in [1.165, 1.54) is 135 Å². The van der Waals surface area contributed by atoms with Crippen LogP contribution in [-0.4, -0.2) is 37.2 Å². The summed E-state index contributed by atoms with van der Waals surface area (Å²) >= 11 is 0. The molecular formula is C68H116O6. The molecule has 0 N–H and O–H groups in total. The molecule has 74 heavy (non-hydrogen) atoms. The van der Waals surface area contributed by atoms with Crippen molar-refractivity contribution in [2.45, 2.75) is 303 Å². The number of allylic oxidation sites excluding steroid dienone is 16. The second-order valence-electron chi connectivity index (χ2n) is 20.6. The summed E-state index contributed by atoms with van der Waals surface area (Å²) in [6.07, 6.45) is 82.7. The molecule has 0 aliphatic heterocycles. The van der Waals surface area contributed by atoms with E-state index in [2.05, 4.69) is 118 Å². The third-order valence-corrected chi connectivity index (χ3v) is 13.3. The molecule has 0 aliphatic carbocycles. The zero-order chi connectivity index (χ0) is 53.6. The highest BCUT2D eigenvalue weighted by Crippen LogP contribution is 2.16. The Balaban J connectivity index is 4.24. The lowest BCUT2D eigenvalue weighted by molar-refractivity contribution is -0.167. The predicted octanol–water partition coefficient (Wildman–Crippen LogP) is 21.3. The van der Waals surface area contributed by atoms with Crippen molar-refractivity contribution in [2.24, 2.45) is 0 Å². The standard InChI is InChI=1S/C68H116O6/c1-4-7-10-13-16-19-22-24-26-28-30-31-32-33-34-35-36-37-39-40-42-44-46-49-52-55-58-61-67(70)73-64-65(63-72-66(69)60-57-54-51-48-21-18-15-12-9-6-3)74-68(71)62-59-56-53-50-47-45-43-41-38-29-27-25-23-20-17-14-11-8-5-2/h7-8,10-11,16-17,19-20,24-27,30-31,38,41,65H,4-6,9,12-15,18,21-23,28-29,32-37,39-40,42-64H2,1-3H3/b10-7-,11-8-,19-16-,20-17-,26-24-,27-25-,31-30-,41-38-. The molecule has 0 radical (unpaired) electrons. The number of carbonyl (C=O) groups excluding carboxylic acids is 3. The van der Waals surface area contributed by atoms with Crippen LogP contribution in [-0.2, 0) is 28.6 Å². The molecule has 424 valence electrons. The summed E-state index contributed by atoms with van der Waals surface area (Å²) in [4.78, 5) is 38.2. The number of carbonyl (C=O) groups is 3. The number of hydrogen-bond acceptors (Lipinski definition) is 6. The quantitative estimate of drug-likeness (QED) is 0.0261. The van der Waals surface area contributed by atoms with Gasteiger partial charge in [0.25, 0.3) is 0 Å². The molecule has 0 heterocycles. The summed E-state index contributed by atoms with van der Waals surface area (Å²) in [5, 5.41) is 0. The van der Waals surface area contributed by atoms with Crippen LogP contribution in [0, 0.1) is 0 Å². The van der Waals surface area contributed by atoms with Crippen LogP contribution in [0.5, 0.6) is 0 Å². The minimum Gasteiger partial charge on any atom is -0.462 e. The van der Waals surface area contributed by atoms with E-state index >= 15 is 0 Å². The molecule has 0 rings (SSSR count). The van der Waals surface area contributed by atoms with Crippen LogP contribution in [0.3, 0.4) is 0 Å². The van der Waals surface area contributed by atoms with Gasteiger partial charge in [0.15, 0.2) is 6.10 Å². The Morgan fingerprint density at radius 1 is 0.284 bits per heavy atom. The van der Waals surface area contributed by atoms with Crippen LogP contribution in [0.2, 0.25) is 0 Å². The first-order valence-electron chi connectivity index (χ1n) is 31.2. The maximum atomic E-state index is 12.9. The van der Waals surface area contributed by atoms with Crippen molar-refractivity contribution in [1.82, 2.24) is 0 Å². The van der Waals surface area contributed by atoms with E-state index in [4.69, 9.17) is 14.2 Å². The first-order valence-corrected chi connectivity index (χ1v) is 31.2. The maximum absolute atomic E-state index is 12.9. The van der Waals surface area contributed by atoms with Gasteiger partial charge in [-0.1, -0.05) is 279 Å². The summed E-state index contributed by atoms with van der Waals surface area (Å²) in [6.45, 7) is 6.41. The highest BCUT2D eigenvalue weighted by atomic mass is 16.6. The Morgan fingerprint density at radius 2 is 0.527 bits per heavy atom. The van der Waals surface area contributed by atoms with Crippen LogP contribution in [0.4, 0.5) is 0 Å². The summed E-state index contributed by atoms with van der Waals surface area (Å²) in [6, 6.07) is 0. The summed E-state index contributed by atoms with van der Waals surface area (Å²) in [5.41, 5.74) is 0. The molecule has 6 heteroatoms. The van der Waals surface area contributed by atoms with Crippen molar-refractivity contribution in [2.75, 3.05) is 13.2 Å². The van der Waals surface area contributed by atoms with E-state index in [9.17, 15) is 14.4 Å². The first-order chi connectivity index (χ1) is 36.5. The molecule has 0 fully saturated rings. The zero-order valence-corrected chi connectivity index (χ0v) is 48.6. The molecule has 0 aromatic carbocycles. The van der Waals surface area contributed by atoms with Gasteiger partial charge in [-0.25, -0.2) is 0 Å². The molecule has 0 amide bonds. The molecule has 1 unspecified atom stereocenters. The maximum Gasteiger partial charge on any atom is 0.306 e. The van der Waals surface area contributed by atoms with Crippen molar-refractivity contribution in [3.05, 3.63) is 97.2 Å². The fourth-order valence-electron chi connectivity index (χ4n) is 8.72. The number of hydrogen-bond donors (Lipinski definition) is 0. The van der Waals surface area contributed by atoms with E-state index in [1.54, 1.807) is 0 Å². The van der Waals surface area contributed by atoms with Crippen LogP contribution in [0.25, 0.3) is 0 Å². The molecule has 1 atom stereocenters. The van der Waals surface area contributed by atoms with Gasteiger partial charge in [0.05, 0.1) is 0 Å². The first kappa shape index (κ1) is 70.3. The summed E-state index contributed by atoms with van der Waals surface area (Å²) < 4.78 is 16.9.